The summed E-state index contributed by atoms with van der Waals surface area (Å²) in [6.07, 6.45) is -4.45. The topological polar surface area (TPSA) is 86.5 Å². The number of nitrogens with zero attached hydrogens (tertiary/aromatic N) is 4. The highest BCUT2D eigenvalue weighted by atomic mass is 19.4. The Morgan fingerprint density at radius 3 is 2.56 bits per heavy atom. The summed E-state index contributed by atoms with van der Waals surface area (Å²) >= 11 is 0. The molecule has 2 aromatic carbocycles. The number of rotatable bonds is 5. The first kappa shape index (κ1) is 24.4. The molecular weight excluding hydrogens is 473 g/mol. The highest BCUT2D eigenvalue weighted by Gasteiger charge is 2.38. The number of piperazine rings is 1. The molecule has 36 heavy (non-hydrogen) atoms. The lowest BCUT2D eigenvalue weighted by atomic mass is 9.93. The van der Waals surface area contributed by atoms with Gasteiger partial charge in [0.15, 0.2) is 0 Å². The highest BCUT2D eigenvalue weighted by Crippen LogP contribution is 2.32. The third-order valence-electron chi connectivity index (χ3n) is 6.88. The van der Waals surface area contributed by atoms with Crippen LogP contribution in [0.5, 0.6) is 0 Å². The van der Waals surface area contributed by atoms with Crippen molar-refractivity contribution in [2.75, 3.05) is 32.7 Å². The normalized spacial score (nSPS) is 22.1. The van der Waals surface area contributed by atoms with E-state index in [0.717, 1.165) is 17.7 Å². The Hall–Kier alpha value is -3.28. The smallest absolute Gasteiger partial charge is 0.340 e. The summed E-state index contributed by atoms with van der Waals surface area (Å²) in [5.74, 6) is 0.362. The van der Waals surface area contributed by atoms with Crippen LogP contribution in [0.15, 0.2) is 59.1 Å². The number of nitrogens with one attached hydrogen (secondary N) is 2. The van der Waals surface area contributed by atoms with Gasteiger partial charge in [0.2, 0.25) is 17.6 Å². The van der Waals surface area contributed by atoms with Gasteiger partial charge in [0, 0.05) is 38.3 Å². The zero-order valence-electron chi connectivity index (χ0n) is 19.7. The third-order valence-corrected chi connectivity index (χ3v) is 6.88. The zero-order valence-corrected chi connectivity index (χ0v) is 19.7. The van der Waals surface area contributed by atoms with Gasteiger partial charge in [-0.1, -0.05) is 47.6 Å². The Morgan fingerprint density at radius 2 is 1.83 bits per heavy atom. The van der Waals surface area contributed by atoms with Gasteiger partial charge in [0.25, 0.3) is 0 Å². The van der Waals surface area contributed by atoms with E-state index in [4.69, 9.17) is 4.52 Å². The second kappa shape index (κ2) is 10.00. The van der Waals surface area contributed by atoms with Crippen LogP contribution in [-0.4, -0.2) is 58.6 Å². The second-order valence-electron chi connectivity index (χ2n) is 9.09. The van der Waals surface area contributed by atoms with E-state index in [0.29, 0.717) is 38.6 Å². The molecular formula is C25H27F3N6O2. The quantitative estimate of drug-likeness (QED) is 0.555. The van der Waals surface area contributed by atoms with Crippen LogP contribution < -0.4 is 10.9 Å². The maximum Gasteiger partial charge on any atom is 0.416 e. The summed E-state index contributed by atoms with van der Waals surface area (Å²) in [5, 5.41) is 3.90. The van der Waals surface area contributed by atoms with Crippen LogP contribution >= 0.6 is 0 Å². The minimum absolute atomic E-state index is 0.0803. The molecule has 1 aromatic heterocycles. The first-order chi connectivity index (χ1) is 17.3. The van der Waals surface area contributed by atoms with E-state index >= 15 is 0 Å². The molecule has 2 N–H and O–H groups in total. The standard InChI is InChI=1S/C25H27F3N6O2/c1-16(23-30-22(32-36-23)18-8-5-9-19(14-18)25(26,27)28)33-10-12-34(13-11-33)24(35)20-15-29-31-21(20)17-6-3-2-4-7-17/h2-9,14,16,20-21,29,31H,10-13,15H2,1H3. The van der Waals surface area contributed by atoms with Crippen molar-refractivity contribution < 1.29 is 22.5 Å². The number of hydrogen-bond donors (Lipinski definition) is 2. The van der Waals surface area contributed by atoms with Crippen molar-refractivity contribution in [1.82, 2.24) is 30.8 Å². The number of hydrazine groups is 1. The molecule has 0 radical (unpaired) electrons. The SMILES string of the molecule is CC(c1nc(-c2cccc(C(F)(F)F)c2)no1)N1CCN(C(=O)C2CNNC2c2ccccc2)CC1. The maximum atomic E-state index is 13.3. The van der Waals surface area contributed by atoms with E-state index in [1.807, 2.05) is 42.2 Å². The van der Waals surface area contributed by atoms with E-state index in [1.54, 1.807) is 0 Å². The van der Waals surface area contributed by atoms with E-state index in [-0.39, 0.29) is 35.3 Å². The fourth-order valence-electron chi connectivity index (χ4n) is 4.78. The molecule has 0 bridgehead atoms. The number of carbonyl (C=O) groups excluding carboxylic acids is 1. The van der Waals surface area contributed by atoms with Gasteiger partial charge in [-0.05, 0) is 24.6 Å². The molecule has 190 valence electrons. The van der Waals surface area contributed by atoms with Gasteiger partial charge in [-0.3, -0.25) is 15.1 Å². The lowest BCUT2D eigenvalue weighted by Gasteiger charge is -2.38. The van der Waals surface area contributed by atoms with Crippen LogP contribution in [0, 0.1) is 5.92 Å². The highest BCUT2D eigenvalue weighted by molar-refractivity contribution is 5.80. The third kappa shape index (κ3) is 4.99. The number of alkyl halides is 3. The van der Waals surface area contributed by atoms with Gasteiger partial charge in [-0.25, -0.2) is 5.43 Å². The minimum atomic E-state index is -4.45. The number of carbonyl (C=O) groups is 1. The molecule has 0 spiro atoms. The molecule has 2 saturated heterocycles. The average Bonchev–Trinajstić information content (AvgIpc) is 3.59. The molecule has 8 nitrogen and oxygen atoms in total. The van der Waals surface area contributed by atoms with Crippen molar-refractivity contribution in [2.24, 2.45) is 5.92 Å². The molecule has 0 saturated carbocycles. The summed E-state index contributed by atoms with van der Waals surface area (Å²) in [5.41, 5.74) is 6.89. The molecule has 2 aliphatic heterocycles. The zero-order chi connectivity index (χ0) is 25.3. The van der Waals surface area contributed by atoms with E-state index in [2.05, 4.69) is 25.9 Å². The number of benzene rings is 2. The van der Waals surface area contributed by atoms with Gasteiger partial charge < -0.3 is 9.42 Å². The lowest BCUT2D eigenvalue weighted by molar-refractivity contribution is -0.138. The maximum absolute atomic E-state index is 13.3. The van der Waals surface area contributed by atoms with Gasteiger partial charge in [0.1, 0.15) is 0 Å². The van der Waals surface area contributed by atoms with Gasteiger partial charge in [-0.15, -0.1) is 0 Å². The minimum Gasteiger partial charge on any atom is -0.340 e. The molecule has 2 fully saturated rings. The van der Waals surface area contributed by atoms with Crippen LogP contribution in [0.1, 0.15) is 36.0 Å². The van der Waals surface area contributed by atoms with E-state index < -0.39 is 11.7 Å². The van der Waals surface area contributed by atoms with Crippen molar-refractivity contribution in [3.8, 4) is 11.4 Å². The van der Waals surface area contributed by atoms with E-state index in [9.17, 15) is 18.0 Å². The summed E-state index contributed by atoms with van der Waals surface area (Å²) in [6, 6.07) is 14.5. The van der Waals surface area contributed by atoms with Crippen molar-refractivity contribution in [2.45, 2.75) is 25.2 Å². The largest absolute Gasteiger partial charge is 0.416 e. The fraction of sp³-hybridized carbons (Fsp3) is 0.400. The Labute approximate surface area is 206 Å². The van der Waals surface area contributed by atoms with Crippen molar-refractivity contribution in [1.29, 1.82) is 0 Å². The molecule has 1 amide bonds. The molecule has 0 aliphatic carbocycles. The van der Waals surface area contributed by atoms with Gasteiger partial charge in [-0.2, -0.15) is 18.2 Å². The van der Waals surface area contributed by atoms with E-state index in [1.165, 1.54) is 12.1 Å². The Bertz CT molecular complexity index is 1190. The summed E-state index contributed by atoms with van der Waals surface area (Å²) in [4.78, 5) is 21.7. The lowest BCUT2D eigenvalue weighted by Crippen LogP contribution is -2.51. The molecule has 11 heteroatoms. The van der Waals surface area contributed by atoms with Gasteiger partial charge >= 0.3 is 6.18 Å². The first-order valence-electron chi connectivity index (χ1n) is 11.9. The Kier molecular flexibility index (Phi) is 6.78. The molecule has 3 aromatic rings. The molecule has 5 rings (SSSR count). The first-order valence-corrected chi connectivity index (χ1v) is 11.9. The molecule has 3 atom stereocenters. The second-order valence-corrected chi connectivity index (χ2v) is 9.09. The monoisotopic (exact) mass is 500 g/mol. The van der Waals surface area contributed by atoms with Crippen molar-refractivity contribution >= 4 is 5.91 Å². The Morgan fingerprint density at radius 1 is 1.08 bits per heavy atom. The summed E-state index contributed by atoms with van der Waals surface area (Å²) in [7, 11) is 0. The summed E-state index contributed by atoms with van der Waals surface area (Å²) in [6.45, 7) is 4.85. The number of amides is 1. The van der Waals surface area contributed by atoms with Crippen LogP contribution in [0.25, 0.3) is 11.4 Å². The van der Waals surface area contributed by atoms with Crippen LogP contribution in [-0.2, 0) is 11.0 Å². The predicted octanol–water partition coefficient (Wildman–Crippen LogP) is 3.43. The predicted molar refractivity (Wildman–Crippen MR) is 125 cm³/mol. The van der Waals surface area contributed by atoms with Crippen LogP contribution in [0.3, 0.4) is 0 Å². The average molecular weight is 501 g/mol. The number of hydrogen-bond acceptors (Lipinski definition) is 7. The number of halogens is 3. The molecule has 3 heterocycles. The van der Waals surface area contributed by atoms with Crippen molar-refractivity contribution in [3.63, 3.8) is 0 Å². The summed E-state index contributed by atoms with van der Waals surface area (Å²) < 4.78 is 44.5. The molecule has 2 aliphatic rings. The van der Waals surface area contributed by atoms with Crippen LogP contribution in [0.2, 0.25) is 0 Å². The number of aromatic nitrogens is 2. The Balaban J connectivity index is 1.20. The fourth-order valence-corrected chi connectivity index (χ4v) is 4.78. The van der Waals surface area contributed by atoms with Crippen LogP contribution in [0.4, 0.5) is 13.2 Å². The van der Waals surface area contributed by atoms with Gasteiger partial charge in [0.05, 0.1) is 23.6 Å². The van der Waals surface area contributed by atoms with Crippen molar-refractivity contribution in [3.05, 3.63) is 71.6 Å². The molecule has 3 unspecified atom stereocenters.